The third-order valence-electron chi connectivity index (χ3n) is 2.58. The summed E-state index contributed by atoms with van der Waals surface area (Å²) in [6, 6.07) is 8.34. The lowest BCUT2D eigenvalue weighted by atomic mass is 10.1. The van der Waals surface area contributed by atoms with E-state index < -0.39 is 0 Å². The van der Waals surface area contributed by atoms with E-state index in [9.17, 15) is 0 Å². The molecule has 1 aromatic heterocycles. The highest BCUT2D eigenvalue weighted by molar-refractivity contribution is 5.62. The molecule has 1 heterocycles. The number of nitrogens with two attached hydrogens (primary N) is 1. The number of benzene rings is 1. The summed E-state index contributed by atoms with van der Waals surface area (Å²) >= 11 is 0. The van der Waals surface area contributed by atoms with Gasteiger partial charge in [-0.3, -0.25) is 0 Å². The van der Waals surface area contributed by atoms with E-state index in [-0.39, 0.29) is 0 Å². The summed E-state index contributed by atoms with van der Waals surface area (Å²) in [4.78, 5) is 4.37. The van der Waals surface area contributed by atoms with Crippen LogP contribution >= 0.6 is 0 Å². The van der Waals surface area contributed by atoms with Crippen LogP contribution in [0.1, 0.15) is 11.3 Å². The quantitative estimate of drug-likeness (QED) is 0.806. The molecule has 3 nitrogen and oxygen atoms in total. The van der Waals surface area contributed by atoms with E-state index in [4.69, 9.17) is 5.73 Å². The first-order chi connectivity index (χ1) is 7.22. The Morgan fingerprint density at radius 3 is 2.53 bits per heavy atom. The Bertz CT molecular complexity index is 454. The van der Waals surface area contributed by atoms with Crippen molar-refractivity contribution in [3.63, 3.8) is 0 Å². The van der Waals surface area contributed by atoms with Gasteiger partial charge in [-0.05, 0) is 6.92 Å². The largest absolute Gasteiger partial charge is 0.336 e. The molecule has 0 fully saturated rings. The zero-order chi connectivity index (χ0) is 10.8. The molecule has 78 valence electrons. The van der Waals surface area contributed by atoms with E-state index in [2.05, 4.69) is 36.2 Å². The Balaban J connectivity index is 2.49. The third kappa shape index (κ3) is 1.78. The summed E-state index contributed by atoms with van der Waals surface area (Å²) in [5.74, 6) is 0. The minimum absolute atomic E-state index is 0.514. The Kier molecular flexibility index (Phi) is 2.56. The van der Waals surface area contributed by atoms with Gasteiger partial charge in [-0.1, -0.05) is 29.8 Å². The highest BCUT2D eigenvalue weighted by Gasteiger charge is 2.08. The average Bonchev–Trinajstić information content (AvgIpc) is 2.61. The van der Waals surface area contributed by atoms with Gasteiger partial charge in [-0.25, -0.2) is 4.98 Å². The van der Waals surface area contributed by atoms with Crippen molar-refractivity contribution in [2.24, 2.45) is 12.8 Å². The van der Waals surface area contributed by atoms with Crippen molar-refractivity contribution in [2.75, 3.05) is 0 Å². The molecule has 0 unspecified atom stereocenters. The van der Waals surface area contributed by atoms with Crippen molar-refractivity contribution in [3.8, 4) is 11.3 Å². The maximum absolute atomic E-state index is 5.70. The molecule has 0 aliphatic rings. The van der Waals surface area contributed by atoms with Gasteiger partial charge in [0.1, 0.15) is 0 Å². The van der Waals surface area contributed by atoms with E-state index in [1.807, 2.05) is 11.6 Å². The molecule has 1 aromatic carbocycles. The summed E-state index contributed by atoms with van der Waals surface area (Å²) < 4.78 is 1.97. The second kappa shape index (κ2) is 3.87. The smallest absolute Gasteiger partial charge is 0.0953 e. The first-order valence-electron chi connectivity index (χ1n) is 4.99. The summed E-state index contributed by atoms with van der Waals surface area (Å²) in [6.07, 6.45) is 1.80. The van der Waals surface area contributed by atoms with Crippen LogP contribution in [0.5, 0.6) is 0 Å². The van der Waals surface area contributed by atoms with Crippen LogP contribution in [0.3, 0.4) is 0 Å². The van der Waals surface area contributed by atoms with Gasteiger partial charge in [0, 0.05) is 19.2 Å². The Morgan fingerprint density at radius 2 is 1.93 bits per heavy atom. The Hall–Kier alpha value is -1.61. The fraction of sp³-hybridized carbons (Fsp3) is 0.250. The molecule has 2 aromatic rings. The number of imidazole rings is 1. The maximum Gasteiger partial charge on any atom is 0.0953 e. The maximum atomic E-state index is 5.70. The van der Waals surface area contributed by atoms with Crippen molar-refractivity contribution in [1.29, 1.82) is 0 Å². The summed E-state index contributed by atoms with van der Waals surface area (Å²) in [7, 11) is 1.97. The third-order valence-corrected chi connectivity index (χ3v) is 2.58. The molecule has 0 spiro atoms. The summed E-state index contributed by atoms with van der Waals surface area (Å²) in [5, 5.41) is 0. The standard InChI is InChI=1S/C12H15N3/c1-9-3-5-10(6-4-9)12-11(7-13)15(2)8-14-12/h3-6,8H,7,13H2,1-2H3. The Labute approximate surface area is 89.6 Å². The van der Waals surface area contributed by atoms with Gasteiger partial charge in [0.15, 0.2) is 0 Å². The lowest BCUT2D eigenvalue weighted by Crippen LogP contribution is -2.04. The van der Waals surface area contributed by atoms with Gasteiger partial charge in [0.25, 0.3) is 0 Å². The van der Waals surface area contributed by atoms with Gasteiger partial charge in [-0.15, -0.1) is 0 Å². The molecular weight excluding hydrogens is 186 g/mol. The van der Waals surface area contributed by atoms with Crippen LogP contribution in [0.25, 0.3) is 11.3 Å². The molecule has 0 aliphatic carbocycles. The van der Waals surface area contributed by atoms with Gasteiger partial charge in [0.2, 0.25) is 0 Å². The molecule has 0 bridgehead atoms. The van der Waals surface area contributed by atoms with Crippen molar-refractivity contribution < 1.29 is 0 Å². The number of hydrogen-bond donors (Lipinski definition) is 1. The first kappa shape index (κ1) is 9.93. The second-order valence-electron chi connectivity index (χ2n) is 3.72. The van der Waals surface area contributed by atoms with E-state index in [0.717, 1.165) is 17.0 Å². The van der Waals surface area contributed by atoms with Crippen molar-refractivity contribution >= 4 is 0 Å². The molecule has 0 radical (unpaired) electrons. The minimum Gasteiger partial charge on any atom is -0.336 e. The number of nitrogens with zero attached hydrogens (tertiary/aromatic N) is 2. The first-order valence-corrected chi connectivity index (χ1v) is 4.99. The lowest BCUT2D eigenvalue weighted by molar-refractivity contribution is 0.822. The van der Waals surface area contributed by atoms with Crippen LogP contribution in [0.4, 0.5) is 0 Å². The molecular formula is C12H15N3. The molecule has 3 heteroatoms. The fourth-order valence-corrected chi connectivity index (χ4v) is 1.65. The topological polar surface area (TPSA) is 43.8 Å². The van der Waals surface area contributed by atoms with E-state index in [0.29, 0.717) is 6.54 Å². The van der Waals surface area contributed by atoms with Crippen LogP contribution in [0.2, 0.25) is 0 Å². The number of aromatic nitrogens is 2. The Morgan fingerprint density at radius 1 is 1.27 bits per heavy atom. The predicted octanol–water partition coefficient (Wildman–Crippen LogP) is 1.85. The summed E-state index contributed by atoms with van der Waals surface area (Å²) in [6.45, 7) is 2.59. The number of hydrogen-bond acceptors (Lipinski definition) is 2. The zero-order valence-corrected chi connectivity index (χ0v) is 9.07. The van der Waals surface area contributed by atoms with Crippen LogP contribution in [-0.2, 0) is 13.6 Å². The number of aryl methyl sites for hydroxylation is 2. The molecule has 2 N–H and O–H groups in total. The highest BCUT2D eigenvalue weighted by Crippen LogP contribution is 2.21. The van der Waals surface area contributed by atoms with Crippen molar-refractivity contribution in [1.82, 2.24) is 9.55 Å². The normalized spacial score (nSPS) is 10.6. The average molecular weight is 201 g/mol. The number of rotatable bonds is 2. The van der Waals surface area contributed by atoms with Crippen LogP contribution < -0.4 is 5.73 Å². The zero-order valence-electron chi connectivity index (χ0n) is 9.07. The van der Waals surface area contributed by atoms with E-state index in [1.165, 1.54) is 5.56 Å². The van der Waals surface area contributed by atoms with Gasteiger partial charge >= 0.3 is 0 Å². The highest BCUT2D eigenvalue weighted by atomic mass is 15.0. The van der Waals surface area contributed by atoms with Gasteiger partial charge in [-0.2, -0.15) is 0 Å². The van der Waals surface area contributed by atoms with Crippen molar-refractivity contribution in [2.45, 2.75) is 13.5 Å². The molecule has 0 amide bonds. The molecule has 0 atom stereocenters. The fourth-order valence-electron chi connectivity index (χ4n) is 1.65. The monoisotopic (exact) mass is 201 g/mol. The molecule has 15 heavy (non-hydrogen) atoms. The van der Waals surface area contributed by atoms with Gasteiger partial charge in [0.05, 0.1) is 17.7 Å². The molecule has 0 aliphatic heterocycles. The van der Waals surface area contributed by atoms with E-state index >= 15 is 0 Å². The molecule has 2 rings (SSSR count). The van der Waals surface area contributed by atoms with Gasteiger partial charge < -0.3 is 10.3 Å². The van der Waals surface area contributed by atoms with Crippen LogP contribution in [0, 0.1) is 6.92 Å². The van der Waals surface area contributed by atoms with Crippen LogP contribution in [-0.4, -0.2) is 9.55 Å². The minimum atomic E-state index is 0.514. The molecule has 0 saturated heterocycles. The lowest BCUT2D eigenvalue weighted by Gasteiger charge is -2.03. The predicted molar refractivity (Wildman–Crippen MR) is 61.3 cm³/mol. The SMILES string of the molecule is Cc1ccc(-c2ncn(C)c2CN)cc1. The van der Waals surface area contributed by atoms with E-state index in [1.54, 1.807) is 6.33 Å². The summed E-state index contributed by atoms with van der Waals surface area (Å²) in [5.41, 5.74) is 10.1. The molecule has 0 saturated carbocycles. The van der Waals surface area contributed by atoms with Crippen molar-refractivity contribution in [3.05, 3.63) is 41.9 Å². The van der Waals surface area contributed by atoms with Crippen LogP contribution in [0.15, 0.2) is 30.6 Å². The second-order valence-corrected chi connectivity index (χ2v) is 3.72.